The number of hydrogen-bond donors (Lipinski definition) is 1. The summed E-state index contributed by atoms with van der Waals surface area (Å²) in [6.45, 7) is -1.33. The summed E-state index contributed by atoms with van der Waals surface area (Å²) in [6, 6.07) is 1.58. The number of aromatic nitrogens is 5. The lowest BCUT2D eigenvalue weighted by atomic mass is 10.3. The lowest BCUT2D eigenvalue weighted by molar-refractivity contribution is -0.117. The summed E-state index contributed by atoms with van der Waals surface area (Å²) in [4.78, 5) is 11.0. The first-order valence-electron chi connectivity index (χ1n) is 5.20. The first-order chi connectivity index (χ1) is 9.38. The van der Waals surface area contributed by atoms with Crippen LogP contribution in [0.15, 0.2) is 18.5 Å². The van der Waals surface area contributed by atoms with Crippen molar-refractivity contribution in [3.05, 3.63) is 23.7 Å². The van der Waals surface area contributed by atoms with Gasteiger partial charge in [-0.05, 0) is 17.7 Å². The average molecular weight is 311 g/mol. The molecule has 0 bridgehead atoms. The van der Waals surface area contributed by atoms with Crippen LogP contribution in [0.2, 0.25) is 5.28 Å². The molecule has 0 aliphatic heterocycles. The van der Waals surface area contributed by atoms with E-state index in [9.17, 15) is 17.6 Å². The molecule has 0 aromatic carbocycles. The van der Waals surface area contributed by atoms with Gasteiger partial charge >= 0.3 is 12.3 Å². The van der Waals surface area contributed by atoms with Gasteiger partial charge in [-0.2, -0.15) is 28.8 Å². The minimum Gasteiger partial charge on any atom is -0.348 e. The number of hydrogen-bond acceptors (Lipinski definition) is 5. The molecule has 0 atom stereocenters. The lowest BCUT2D eigenvalue weighted by Crippen LogP contribution is -2.35. The Morgan fingerprint density at radius 3 is 2.65 bits per heavy atom. The van der Waals surface area contributed by atoms with E-state index in [-0.39, 0.29) is 17.2 Å². The number of alkyl halides is 4. The Morgan fingerprint density at radius 1 is 1.30 bits per heavy atom. The number of nitrogens with zero attached hydrogens (tertiary/aromatic N) is 5. The van der Waals surface area contributed by atoms with Crippen molar-refractivity contribution in [2.75, 3.05) is 11.9 Å². The lowest BCUT2D eigenvalue weighted by Gasteiger charge is -2.15. The minimum atomic E-state index is -4.20. The molecule has 0 fully saturated rings. The number of halogens is 5. The quantitative estimate of drug-likeness (QED) is 0.856. The summed E-state index contributed by atoms with van der Waals surface area (Å²) in [5, 5.41) is 5.52. The molecule has 2 heterocycles. The van der Waals surface area contributed by atoms with Gasteiger partial charge in [-0.25, -0.2) is 13.5 Å². The molecular weight excluding hydrogens is 304 g/mol. The fourth-order valence-corrected chi connectivity index (χ4v) is 1.34. The van der Waals surface area contributed by atoms with Crippen LogP contribution >= 0.6 is 11.6 Å². The number of anilines is 1. The topological polar surface area (TPSA) is 68.5 Å². The fraction of sp³-hybridized carbons (Fsp3) is 0.333. The van der Waals surface area contributed by atoms with E-state index in [0.717, 1.165) is 0 Å². The molecule has 0 unspecified atom stereocenters. The van der Waals surface area contributed by atoms with Crippen molar-refractivity contribution in [2.24, 2.45) is 0 Å². The molecule has 2 rings (SSSR count). The summed E-state index contributed by atoms with van der Waals surface area (Å²) in [5.41, 5.74) is 0. The molecule has 2 aromatic rings. The highest BCUT2D eigenvalue weighted by molar-refractivity contribution is 6.28. The van der Waals surface area contributed by atoms with Crippen LogP contribution in [0.5, 0.6) is 0 Å². The normalized spacial score (nSPS) is 11.9. The standard InChI is InChI=1S/C9H7ClF4N6/c10-6-17-7(15-4-9(13,14)5(11)12)19-8(18-6)20-3-1-2-16-20/h1-3,5H,4H2,(H,15,17,18,19). The van der Waals surface area contributed by atoms with Gasteiger partial charge in [-0.3, -0.25) is 0 Å². The van der Waals surface area contributed by atoms with Crippen LogP contribution in [0.4, 0.5) is 23.5 Å². The summed E-state index contributed by atoms with van der Waals surface area (Å²) in [6.07, 6.45) is -0.864. The predicted molar refractivity (Wildman–Crippen MR) is 61.4 cm³/mol. The Morgan fingerprint density at radius 2 is 2.05 bits per heavy atom. The van der Waals surface area contributed by atoms with E-state index in [4.69, 9.17) is 11.6 Å². The molecule has 11 heteroatoms. The van der Waals surface area contributed by atoms with E-state index in [1.165, 1.54) is 17.1 Å². The molecular formula is C9H7ClF4N6. The minimum absolute atomic E-state index is 0.0298. The van der Waals surface area contributed by atoms with Crippen LogP contribution in [0.3, 0.4) is 0 Å². The van der Waals surface area contributed by atoms with Gasteiger partial charge in [0.2, 0.25) is 11.2 Å². The highest BCUT2D eigenvalue weighted by Gasteiger charge is 2.40. The molecule has 1 N–H and O–H groups in total. The Balaban J connectivity index is 2.17. The Hall–Kier alpha value is -1.97. The van der Waals surface area contributed by atoms with Crippen LogP contribution in [0.25, 0.3) is 5.95 Å². The fourth-order valence-electron chi connectivity index (χ4n) is 1.18. The highest BCUT2D eigenvalue weighted by atomic mass is 35.5. The SMILES string of the molecule is FC(F)C(F)(F)CNc1nc(Cl)nc(-n2cccn2)n1. The van der Waals surface area contributed by atoms with Gasteiger partial charge < -0.3 is 5.32 Å². The second-order valence-electron chi connectivity index (χ2n) is 3.59. The molecule has 0 radical (unpaired) electrons. The molecule has 0 aliphatic rings. The largest absolute Gasteiger partial charge is 0.348 e. The first kappa shape index (κ1) is 14.4. The van der Waals surface area contributed by atoms with Crippen molar-refractivity contribution >= 4 is 17.5 Å². The van der Waals surface area contributed by atoms with Crippen molar-refractivity contribution in [3.63, 3.8) is 0 Å². The smallest absolute Gasteiger partial charge is 0.324 e. The van der Waals surface area contributed by atoms with E-state index in [1.54, 1.807) is 6.07 Å². The van der Waals surface area contributed by atoms with Gasteiger partial charge in [0.15, 0.2) is 0 Å². The van der Waals surface area contributed by atoms with Crippen molar-refractivity contribution in [1.82, 2.24) is 24.7 Å². The third-order valence-electron chi connectivity index (χ3n) is 2.11. The molecule has 0 saturated heterocycles. The second kappa shape index (κ2) is 5.57. The van der Waals surface area contributed by atoms with Gasteiger partial charge in [0.1, 0.15) is 0 Å². The van der Waals surface area contributed by atoms with E-state index >= 15 is 0 Å². The van der Waals surface area contributed by atoms with Gasteiger partial charge in [0.25, 0.3) is 5.95 Å². The molecule has 0 aliphatic carbocycles. The van der Waals surface area contributed by atoms with Crippen molar-refractivity contribution in [2.45, 2.75) is 12.3 Å². The summed E-state index contributed by atoms with van der Waals surface area (Å²) >= 11 is 5.60. The molecule has 2 aromatic heterocycles. The van der Waals surface area contributed by atoms with Gasteiger partial charge in [-0.15, -0.1) is 0 Å². The zero-order chi connectivity index (χ0) is 14.8. The Kier molecular flexibility index (Phi) is 4.02. The van der Waals surface area contributed by atoms with Crippen LogP contribution < -0.4 is 5.32 Å². The summed E-state index contributed by atoms with van der Waals surface area (Å²) in [7, 11) is 0. The van der Waals surface area contributed by atoms with E-state index in [0.29, 0.717) is 0 Å². The van der Waals surface area contributed by atoms with Gasteiger partial charge in [-0.1, -0.05) is 0 Å². The van der Waals surface area contributed by atoms with E-state index in [2.05, 4.69) is 20.1 Å². The van der Waals surface area contributed by atoms with E-state index in [1.807, 2.05) is 5.32 Å². The molecule has 6 nitrogen and oxygen atoms in total. The van der Waals surface area contributed by atoms with Crippen molar-refractivity contribution in [1.29, 1.82) is 0 Å². The zero-order valence-electron chi connectivity index (χ0n) is 9.64. The third-order valence-corrected chi connectivity index (χ3v) is 2.28. The maximum Gasteiger partial charge on any atom is 0.324 e. The maximum absolute atomic E-state index is 12.8. The molecule has 108 valence electrons. The van der Waals surface area contributed by atoms with Crippen LogP contribution in [-0.2, 0) is 0 Å². The monoisotopic (exact) mass is 310 g/mol. The Labute approximate surface area is 114 Å². The second-order valence-corrected chi connectivity index (χ2v) is 3.93. The molecule has 0 amide bonds. The molecule has 0 spiro atoms. The predicted octanol–water partition coefficient (Wildman–Crippen LogP) is 2.02. The number of rotatable bonds is 5. The highest BCUT2D eigenvalue weighted by Crippen LogP contribution is 2.22. The first-order valence-corrected chi connectivity index (χ1v) is 5.58. The summed E-state index contributed by atoms with van der Waals surface area (Å²) in [5.74, 6) is -4.58. The van der Waals surface area contributed by atoms with Crippen LogP contribution in [0.1, 0.15) is 0 Å². The van der Waals surface area contributed by atoms with Crippen molar-refractivity contribution in [3.8, 4) is 5.95 Å². The van der Waals surface area contributed by atoms with Crippen molar-refractivity contribution < 1.29 is 17.6 Å². The van der Waals surface area contributed by atoms with Gasteiger partial charge in [0, 0.05) is 12.4 Å². The molecule has 0 saturated carbocycles. The zero-order valence-corrected chi connectivity index (χ0v) is 10.4. The summed E-state index contributed by atoms with van der Waals surface area (Å²) < 4.78 is 50.8. The van der Waals surface area contributed by atoms with E-state index < -0.39 is 18.9 Å². The third kappa shape index (κ3) is 3.32. The number of nitrogens with one attached hydrogen (secondary N) is 1. The van der Waals surface area contributed by atoms with Crippen LogP contribution in [-0.4, -0.2) is 43.6 Å². The average Bonchev–Trinajstić information content (AvgIpc) is 2.89. The Bertz CT molecular complexity index is 576. The van der Waals surface area contributed by atoms with Crippen LogP contribution in [0, 0.1) is 0 Å². The maximum atomic E-state index is 12.8. The van der Waals surface area contributed by atoms with Gasteiger partial charge in [0.05, 0.1) is 6.54 Å². The molecule has 20 heavy (non-hydrogen) atoms.